The Labute approximate surface area is 327 Å². The highest BCUT2D eigenvalue weighted by atomic mass is 32.1. The average molecular weight is 734 g/mol. The number of para-hydroxylation sites is 1. The number of fused-ring (bicyclic) bond motifs is 6. The number of nitrogens with zero attached hydrogens (tertiary/aromatic N) is 3. The van der Waals surface area contributed by atoms with Crippen molar-refractivity contribution in [3.63, 3.8) is 0 Å². The molecule has 3 aromatic heterocycles. The fourth-order valence-corrected chi connectivity index (χ4v) is 9.08. The van der Waals surface area contributed by atoms with E-state index in [4.69, 9.17) is 19.4 Å². The summed E-state index contributed by atoms with van der Waals surface area (Å²) in [6.07, 6.45) is 0. The number of furan rings is 1. The van der Waals surface area contributed by atoms with Gasteiger partial charge in [-0.15, -0.1) is 11.3 Å². The minimum atomic E-state index is 0.638. The van der Waals surface area contributed by atoms with Crippen molar-refractivity contribution >= 4 is 53.4 Å². The zero-order chi connectivity index (χ0) is 37.0. The third-order valence-electron chi connectivity index (χ3n) is 10.6. The van der Waals surface area contributed by atoms with E-state index in [1.165, 1.54) is 25.9 Å². The van der Waals surface area contributed by atoms with Crippen LogP contribution in [0.15, 0.2) is 192 Å². The molecule has 11 rings (SSSR count). The van der Waals surface area contributed by atoms with Gasteiger partial charge in [0, 0.05) is 53.2 Å². The molecule has 0 atom stereocenters. The molecule has 0 N–H and O–H groups in total. The summed E-state index contributed by atoms with van der Waals surface area (Å²) in [6, 6.07) is 65.6. The summed E-state index contributed by atoms with van der Waals surface area (Å²) in [6.45, 7) is 0. The van der Waals surface area contributed by atoms with E-state index in [-0.39, 0.29) is 0 Å². The molecule has 56 heavy (non-hydrogen) atoms. The Bertz CT molecular complexity index is 3240. The van der Waals surface area contributed by atoms with Gasteiger partial charge in [-0.05, 0) is 58.1 Å². The molecule has 0 spiro atoms. The first kappa shape index (κ1) is 32.2. The second-order valence-electron chi connectivity index (χ2n) is 13.9. The maximum atomic E-state index is 6.66. The van der Waals surface area contributed by atoms with Gasteiger partial charge in [-0.25, -0.2) is 15.0 Å². The van der Waals surface area contributed by atoms with Gasteiger partial charge in [0.25, 0.3) is 0 Å². The van der Waals surface area contributed by atoms with Crippen molar-refractivity contribution in [3.05, 3.63) is 188 Å². The lowest BCUT2D eigenvalue weighted by atomic mass is 9.94. The summed E-state index contributed by atoms with van der Waals surface area (Å²) in [7, 11) is 0. The fourth-order valence-electron chi connectivity index (χ4n) is 7.90. The highest BCUT2D eigenvalue weighted by Gasteiger charge is 2.20. The van der Waals surface area contributed by atoms with E-state index < -0.39 is 0 Å². The van der Waals surface area contributed by atoms with E-state index in [1.54, 1.807) is 11.3 Å². The standard InChI is InChI=1S/C51H31N3OS/c1-4-14-32(15-5-1)35-20-12-21-37(30-35)50-52-49(34-18-8-3-9-19-34)53-51(54-50)42-23-13-25-44-46(42)41-27-26-36(31-45(41)56-44)39-29-28-38(33-16-6-2-7-17-33)47-40-22-10-11-24-43(40)55-48(39)47/h1-31H. The summed E-state index contributed by atoms with van der Waals surface area (Å²) < 4.78 is 9.02. The molecule has 3 heterocycles. The van der Waals surface area contributed by atoms with E-state index in [0.717, 1.165) is 66.3 Å². The largest absolute Gasteiger partial charge is 0.455 e. The van der Waals surface area contributed by atoms with Crippen molar-refractivity contribution in [2.24, 2.45) is 0 Å². The van der Waals surface area contributed by atoms with E-state index in [0.29, 0.717) is 17.5 Å². The van der Waals surface area contributed by atoms with Crippen molar-refractivity contribution in [2.45, 2.75) is 0 Å². The molecule has 5 heteroatoms. The molecule has 0 radical (unpaired) electrons. The SMILES string of the molecule is c1ccc(-c2cccc(-c3nc(-c4ccccc4)nc(-c4cccc5sc6cc(-c7ccc(-c8ccccc8)c8c7oc7ccccc78)ccc6c45)n3)c2)cc1. The first-order valence-electron chi connectivity index (χ1n) is 18.7. The number of hydrogen-bond acceptors (Lipinski definition) is 5. The Morgan fingerprint density at radius 1 is 0.339 bits per heavy atom. The summed E-state index contributed by atoms with van der Waals surface area (Å²) in [4.78, 5) is 15.4. The fraction of sp³-hybridized carbons (Fsp3) is 0. The summed E-state index contributed by atoms with van der Waals surface area (Å²) in [5.74, 6) is 1.93. The number of aromatic nitrogens is 3. The predicted octanol–water partition coefficient (Wildman–Crippen LogP) is 14.1. The molecule has 0 bridgehead atoms. The van der Waals surface area contributed by atoms with Crippen LogP contribution in [0, 0.1) is 0 Å². The second-order valence-corrected chi connectivity index (χ2v) is 15.0. The third kappa shape index (κ3) is 5.48. The van der Waals surface area contributed by atoms with E-state index in [9.17, 15) is 0 Å². The van der Waals surface area contributed by atoms with Crippen LogP contribution in [0.5, 0.6) is 0 Å². The normalized spacial score (nSPS) is 11.6. The summed E-state index contributed by atoms with van der Waals surface area (Å²) >= 11 is 1.79. The minimum absolute atomic E-state index is 0.638. The number of rotatable bonds is 6. The molecule has 0 saturated carbocycles. The third-order valence-corrected chi connectivity index (χ3v) is 11.7. The lowest BCUT2D eigenvalue weighted by Gasteiger charge is -2.11. The van der Waals surface area contributed by atoms with Crippen molar-refractivity contribution < 1.29 is 4.42 Å². The molecule has 11 aromatic rings. The molecule has 0 aliphatic heterocycles. The van der Waals surface area contributed by atoms with Gasteiger partial charge in [0.1, 0.15) is 11.2 Å². The molecule has 0 fully saturated rings. The lowest BCUT2D eigenvalue weighted by molar-refractivity contribution is 0.670. The first-order chi connectivity index (χ1) is 27.7. The van der Waals surface area contributed by atoms with Gasteiger partial charge < -0.3 is 4.42 Å². The van der Waals surface area contributed by atoms with Crippen LogP contribution in [-0.4, -0.2) is 15.0 Å². The molecule has 0 amide bonds. The Kier molecular flexibility index (Phi) is 7.64. The van der Waals surface area contributed by atoms with E-state index in [1.807, 2.05) is 30.3 Å². The topological polar surface area (TPSA) is 51.8 Å². The maximum absolute atomic E-state index is 6.66. The molecular weight excluding hydrogens is 703 g/mol. The molecule has 0 saturated heterocycles. The van der Waals surface area contributed by atoms with Gasteiger partial charge in [0.15, 0.2) is 17.5 Å². The van der Waals surface area contributed by atoms with Gasteiger partial charge in [0.05, 0.1) is 0 Å². The van der Waals surface area contributed by atoms with Crippen molar-refractivity contribution in [3.8, 4) is 67.5 Å². The predicted molar refractivity (Wildman–Crippen MR) is 233 cm³/mol. The monoisotopic (exact) mass is 733 g/mol. The Balaban J connectivity index is 1.07. The molecule has 0 aliphatic rings. The van der Waals surface area contributed by atoms with Crippen LogP contribution in [0.25, 0.3) is 110 Å². The molecule has 0 unspecified atom stereocenters. The second kappa shape index (κ2) is 13.3. The zero-order valence-electron chi connectivity index (χ0n) is 30.1. The van der Waals surface area contributed by atoms with E-state index >= 15 is 0 Å². The zero-order valence-corrected chi connectivity index (χ0v) is 30.9. The molecular formula is C51H31N3OS. The van der Waals surface area contributed by atoms with Gasteiger partial charge in [0.2, 0.25) is 0 Å². The smallest absolute Gasteiger partial charge is 0.164 e. The summed E-state index contributed by atoms with van der Waals surface area (Å²) in [5.41, 5.74) is 11.4. The maximum Gasteiger partial charge on any atom is 0.164 e. The van der Waals surface area contributed by atoms with Crippen LogP contribution < -0.4 is 0 Å². The highest BCUT2D eigenvalue weighted by Crippen LogP contribution is 2.45. The van der Waals surface area contributed by atoms with Crippen LogP contribution in [-0.2, 0) is 0 Å². The lowest BCUT2D eigenvalue weighted by Crippen LogP contribution is -2.00. The minimum Gasteiger partial charge on any atom is -0.455 e. The quantitative estimate of drug-likeness (QED) is 0.171. The van der Waals surface area contributed by atoms with Crippen LogP contribution >= 0.6 is 11.3 Å². The van der Waals surface area contributed by atoms with Crippen LogP contribution in [0.3, 0.4) is 0 Å². The number of thiophene rings is 1. The first-order valence-corrected chi connectivity index (χ1v) is 19.5. The molecule has 4 nitrogen and oxygen atoms in total. The van der Waals surface area contributed by atoms with Gasteiger partial charge in [-0.3, -0.25) is 0 Å². The van der Waals surface area contributed by atoms with Crippen LogP contribution in [0.1, 0.15) is 0 Å². The Morgan fingerprint density at radius 3 is 1.77 bits per heavy atom. The average Bonchev–Trinajstić information content (AvgIpc) is 3.86. The van der Waals surface area contributed by atoms with Crippen LogP contribution in [0.2, 0.25) is 0 Å². The van der Waals surface area contributed by atoms with Gasteiger partial charge in [-0.2, -0.15) is 0 Å². The molecule has 0 aliphatic carbocycles. The van der Waals surface area contributed by atoms with Crippen molar-refractivity contribution in [1.82, 2.24) is 15.0 Å². The number of benzene rings is 8. The van der Waals surface area contributed by atoms with Gasteiger partial charge >= 0.3 is 0 Å². The molecule has 262 valence electrons. The summed E-state index contributed by atoms with van der Waals surface area (Å²) in [5, 5.41) is 4.56. The highest BCUT2D eigenvalue weighted by molar-refractivity contribution is 7.26. The van der Waals surface area contributed by atoms with Gasteiger partial charge in [-0.1, -0.05) is 158 Å². The van der Waals surface area contributed by atoms with Crippen molar-refractivity contribution in [2.75, 3.05) is 0 Å². The number of hydrogen-bond donors (Lipinski definition) is 0. The van der Waals surface area contributed by atoms with E-state index in [2.05, 4.69) is 158 Å². The Morgan fingerprint density at radius 2 is 0.964 bits per heavy atom. The Hall–Kier alpha value is -7.21. The molecule has 8 aromatic carbocycles. The van der Waals surface area contributed by atoms with Crippen molar-refractivity contribution in [1.29, 1.82) is 0 Å². The van der Waals surface area contributed by atoms with Crippen LogP contribution in [0.4, 0.5) is 0 Å².